The van der Waals surface area contributed by atoms with E-state index in [4.69, 9.17) is 27.9 Å². The average Bonchev–Trinajstić information content (AvgIpc) is 2.40. The van der Waals surface area contributed by atoms with Crippen LogP contribution in [0, 0.1) is 0 Å². The Labute approximate surface area is 139 Å². The SMILES string of the molecule is COc1cc(Cl)nc(NS(=O)(=O)c2ccc(Cl)c(Br)c2)n1. The van der Waals surface area contributed by atoms with Crippen LogP contribution in [0.4, 0.5) is 5.95 Å². The number of hydrogen-bond acceptors (Lipinski definition) is 5. The molecule has 1 heterocycles. The van der Waals surface area contributed by atoms with Crippen LogP contribution >= 0.6 is 39.1 Å². The Balaban J connectivity index is 2.37. The lowest BCUT2D eigenvalue weighted by molar-refractivity contribution is 0.397. The molecule has 0 radical (unpaired) electrons. The number of rotatable bonds is 4. The van der Waals surface area contributed by atoms with E-state index in [2.05, 4.69) is 30.6 Å². The smallest absolute Gasteiger partial charge is 0.264 e. The van der Waals surface area contributed by atoms with Crippen molar-refractivity contribution < 1.29 is 13.2 Å². The van der Waals surface area contributed by atoms with E-state index in [0.29, 0.717) is 9.50 Å². The van der Waals surface area contributed by atoms with E-state index in [1.165, 1.54) is 31.4 Å². The first kappa shape index (κ1) is 16.3. The van der Waals surface area contributed by atoms with Gasteiger partial charge in [0.2, 0.25) is 11.8 Å². The molecule has 112 valence electrons. The summed E-state index contributed by atoms with van der Waals surface area (Å²) in [5, 5.41) is 0.450. The number of benzene rings is 1. The zero-order valence-corrected chi connectivity index (χ0v) is 14.4. The zero-order valence-electron chi connectivity index (χ0n) is 10.5. The van der Waals surface area contributed by atoms with Crippen molar-refractivity contribution in [2.24, 2.45) is 0 Å². The van der Waals surface area contributed by atoms with Gasteiger partial charge in [0.15, 0.2) is 0 Å². The van der Waals surface area contributed by atoms with Crippen LogP contribution in [0.1, 0.15) is 0 Å². The molecule has 21 heavy (non-hydrogen) atoms. The number of aromatic nitrogens is 2. The summed E-state index contributed by atoms with van der Waals surface area (Å²) in [6, 6.07) is 5.54. The molecule has 0 bridgehead atoms. The normalized spacial score (nSPS) is 11.2. The van der Waals surface area contributed by atoms with Crippen LogP contribution in [0.25, 0.3) is 0 Å². The first-order valence-corrected chi connectivity index (χ1v) is 8.41. The number of hydrogen-bond donors (Lipinski definition) is 1. The highest BCUT2D eigenvalue weighted by Crippen LogP contribution is 2.26. The maximum atomic E-state index is 12.2. The average molecular weight is 413 g/mol. The molecule has 0 saturated heterocycles. The van der Waals surface area contributed by atoms with Crippen molar-refractivity contribution in [1.29, 1.82) is 0 Å². The molecule has 0 fully saturated rings. The highest BCUT2D eigenvalue weighted by molar-refractivity contribution is 9.10. The van der Waals surface area contributed by atoms with Crippen molar-refractivity contribution in [3.63, 3.8) is 0 Å². The molecule has 0 amide bonds. The van der Waals surface area contributed by atoms with Gasteiger partial charge >= 0.3 is 0 Å². The second kappa shape index (κ2) is 6.35. The molecule has 6 nitrogen and oxygen atoms in total. The molecule has 1 aromatic heterocycles. The number of halogens is 3. The summed E-state index contributed by atoms with van der Waals surface area (Å²) in [4.78, 5) is 7.64. The fourth-order valence-corrected chi connectivity index (χ4v) is 3.16. The van der Waals surface area contributed by atoms with Gasteiger partial charge in [0, 0.05) is 10.5 Å². The Hall–Kier alpha value is -1.09. The summed E-state index contributed by atoms with van der Waals surface area (Å²) in [6.07, 6.45) is 0. The van der Waals surface area contributed by atoms with E-state index in [1.807, 2.05) is 0 Å². The fraction of sp³-hybridized carbons (Fsp3) is 0.0909. The molecular formula is C11H8BrCl2N3O3S. The molecule has 0 aliphatic rings. The molecule has 10 heteroatoms. The Kier molecular flexibility index (Phi) is 4.92. The summed E-state index contributed by atoms with van der Waals surface area (Å²) in [6.45, 7) is 0. The second-order valence-electron chi connectivity index (χ2n) is 3.74. The highest BCUT2D eigenvalue weighted by atomic mass is 79.9. The zero-order chi connectivity index (χ0) is 15.6. The Morgan fingerprint density at radius 1 is 1.24 bits per heavy atom. The number of anilines is 1. The van der Waals surface area contributed by atoms with Crippen LogP contribution in [0.2, 0.25) is 10.2 Å². The van der Waals surface area contributed by atoms with Gasteiger partial charge in [-0.1, -0.05) is 23.2 Å². The minimum Gasteiger partial charge on any atom is -0.481 e. The predicted molar refractivity (Wildman–Crippen MR) is 83.6 cm³/mol. The van der Waals surface area contributed by atoms with Crippen LogP contribution < -0.4 is 9.46 Å². The first-order valence-electron chi connectivity index (χ1n) is 5.38. The molecule has 0 spiro atoms. The highest BCUT2D eigenvalue weighted by Gasteiger charge is 2.18. The molecule has 2 rings (SSSR count). The molecule has 0 aliphatic carbocycles. The monoisotopic (exact) mass is 411 g/mol. The number of methoxy groups -OCH3 is 1. The Morgan fingerprint density at radius 3 is 2.57 bits per heavy atom. The summed E-state index contributed by atoms with van der Waals surface area (Å²) in [5.74, 6) is -0.0459. The van der Waals surface area contributed by atoms with E-state index < -0.39 is 10.0 Å². The molecule has 0 unspecified atom stereocenters. The lowest BCUT2D eigenvalue weighted by Crippen LogP contribution is -2.15. The topological polar surface area (TPSA) is 81.2 Å². The molecule has 0 aliphatic heterocycles. The van der Waals surface area contributed by atoms with E-state index in [0.717, 1.165) is 0 Å². The van der Waals surface area contributed by atoms with Crippen LogP contribution in [-0.2, 0) is 10.0 Å². The van der Waals surface area contributed by atoms with Crippen molar-refractivity contribution in [3.8, 4) is 5.88 Å². The lowest BCUT2D eigenvalue weighted by Gasteiger charge is -2.08. The number of nitrogens with one attached hydrogen (secondary N) is 1. The second-order valence-corrected chi connectivity index (χ2v) is 7.07. The van der Waals surface area contributed by atoms with Crippen LogP contribution in [-0.4, -0.2) is 25.5 Å². The van der Waals surface area contributed by atoms with E-state index in [9.17, 15) is 8.42 Å². The van der Waals surface area contributed by atoms with Gasteiger partial charge in [0.05, 0.1) is 17.0 Å². The molecule has 0 saturated carbocycles. The van der Waals surface area contributed by atoms with Crippen molar-refractivity contribution in [2.45, 2.75) is 4.90 Å². The molecule has 1 aromatic carbocycles. The quantitative estimate of drug-likeness (QED) is 0.778. The number of nitrogens with zero attached hydrogens (tertiary/aromatic N) is 2. The summed E-state index contributed by atoms with van der Waals surface area (Å²) in [7, 11) is -2.49. The van der Waals surface area contributed by atoms with Crippen molar-refractivity contribution >= 4 is 55.1 Å². The third-order valence-electron chi connectivity index (χ3n) is 2.31. The Bertz CT molecular complexity index is 786. The van der Waals surface area contributed by atoms with E-state index in [1.54, 1.807) is 0 Å². The number of sulfonamides is 1. The van der Waals surface area contributed by atoms with Gasteiger partial charge in [-0.3, -0.25) is 0 Å². The summed E-state index contributed by atoms with van der Waals surface area (Å²) >= 11 is 14.8. The minimum absolute atomic E-state index is 0.00122. The van der Waals surface area contributed by atoms with Gasteiger partial charge in [-0.15, -0.1) is 0 Å². The molecule has 2 aromatic rings. The van der Waals surface area contributed by atoms with Gasteiger partial charge in [0.25, 0.3) is 10.0 Å². The maximum absolute atomic E-state index is 12.2. The summed E-state index contributed by atoms with van der Waals surface area (Å²) < 4.78 is 32.0. The standard InChI is InChI=1S/C11H8BrCl2N3O3S/c1-20-10-5-9(14)15-11(16-10)17-21(18,19)6-2-3-8(13)7(12)4-6/h2-5H,1H3,(H,15,16,17). The number of ether oxygens (including phenoxy) is 1. The fourth-order valence-electron chi connectivity index (χ4n) is 1.37. The molecule has 0 atom stereocenters. The largest absolute Gasteiger partial charge is 0.481 e. The summed E-state index contributed by atoms with van der Waals surface area (Å²) in [5.41, 5.74) is 0. The van der Waals surface area contributed by atoms with Gasteiger partial charge in [0.1, 0.15) is 5.15 Å². The van der Waals surface area contributed by atoms with Gasteiger partial charge in [-0.2, -0.15) is 4.98 Å². The van der Waals surface area contributed by atoms with Crippen LogP contribution in [0.15, 0.2) is 33.6 Å². The van der Waals surface area contributed by atoms with E-state index >= 15 is 0 Å². The van der Waals surface area contributed by atoms with Crippen molar-refractivity contribution in [1.82, 2.24) is 9.97 Å². The van der Waals surface area contributed by atoms with Crippen LogP contribution in [0.3, 0.4) is 0 Å². The minimum atomic E-state index is -3.87. The molecular weight excluding hydrogens is 405 g/mol. The lowest BCUT2D eigenvalue weighted by atomic mass is 10.4. The molecule has 1 N–H and O–H groups in total. The van der Waals surface area contributed by atoms with Crippen LogP contribution in [0.5, 0.6) is 5.88 Å². The van der Waals surface area contributed by atoms with E-state index in [-0.39, 0.29) is 21.9 Å². The first-order chi connectivity index (χ1) is 9.81. The van der Waals surface area contributed by atoms with Gasteiger partial charge < -0.3 is 4.74 Å². The Morgan fingerprint density at radius 2 is 1.95 bits per heavy atom. The van der Waals surface area contributed by atoms with Crippen molar-refractivity contribution in [2.75, 3.05) is 11.8 Å². The van der Waals surface area contributed by atoms with Crippen molar-refractivity contribution in [3.05, 3.63) is 38.9 Å². The predicted octanol–water partition coefficient (Wildman–Crippen LogP) is 3.36. The third kappa shape index (κ3) is 3.97. The van der Waals surface area contributed by atoms with Gasteiger partial charge in [-0.25, -0.2) is 18.1 Å². The maximum Gasteiger partial charge on any atom is 0.264 e. The third-order valence-corrected chi connectivity index (χ3v) is 5.04. The van der Waals surface area contributed by atoms with Gasteiger partial charge in [-0.05, 0) is 34.1 Å².